The lowest BCUT2D eigenvalue weighted by Gasteiger charge is -2.13. The minimum atomic E-state index is 0.138. The van der Waals surface area contributed by atoms with Crippen LogP contribution < -0.4 is 5.73 Å². The molecule has 0 fully saturated rings. The van der Waals surface area contributed by atoms with Crippen molar-refractivity contribution in [3.63, 3.8) is 0 Å². The summed E-state index contributed by atoms with van der Waals surface area (Å²) in [6, 6.07) is 0. The molecule has 0 aliphatic carbocycles. The fourth-order valence-electron chi connectivity index (χ4n) is 0.968. The fourth-order valence-corrected chi connectivity index (χ4v) is 2.03. The summed E-state index contributed by atoms with van der Waals surface area (Å²) in [6.45, 7) is 9.14. The summed E-state index contributed by atoms with van der Waals surface area (Å²) >= 11 is 1.68. The second-order valence-corrected chi connectivity index (χ2v) is 5.41. The first-order valence-corrected chi connectivity index (χ1v) is 5.64. The largest absolute Gasteiger partial charge is 0.327 e. The maximum Gasteiger partial charge on any atom is 0.116 e. The van der Waals surface area contributed by atoms with Gasteiger partial charge in [0.05, 0.1) is 5.69 Å². The second kappa shape index (κ2) is 4.24. The van der Waals surface area contributed by atoms with Crippen molar-refractivity contribution in [2.24, 2.45) is 5.73 Å². The van der Waals surface area contributed by atoms with E-state index >= 15 is 0 Å². The van der Waals surface area contributed by atoms with E-state index in [-0.39, 0.29) is 5.41 Å². The maximum absolute atomic E-state index is 5.52. The second-order valence-electron chi connectivity index (χ2n) is 4.52. The monoisotopic (exact) mass is 210 g/mol. The minimum Gasteiger partial charge on any atom is -0.327 e. The molecule has 0 aliphatic heterocycles. The predicted molar refractivity (Wildman–Crippen MR) is 63.5 cm³/mol. The zero-order chi connectivity index (χ0) is 10.8. The van der Waals surface area contributed by atoms with Gasteiger partial charge in [0.1, 0.15) is 5.01 Å². The highest BCUT2D eigenvalue weighted by molar-refractivity contribution is 7.10. The molecule has 0 amide bonds. The Kier molecular flexibility index (Phi) is 3.45. The molecule has 1 aromatic rings. The third-order valence-electron chi connectivity index (χ3n) is 1.98. The van der Waals surface area contributed by atoms with E-state index < -0.39 is 0 Å². The van der Waals surface area contributed by atoms with Crippen LogP contribution in [0.5, 0.6) is 0 Å². The van der Waals surface area contributed by atoms with Gasteiger partial charge in [-0.05, 0) is 13.0 Å². The Morgan fingerprint density at radius 2 is 2.21 bits per heavy atom. The molecular formula is C11H18N2S. The van der Waals surface area contributed by atoms with Crippen molar-refractivity contribution < 1.29 is 0 Å². The van der Waals surface area contributed by atoms with Gasteiger partial charge in [-0.2, -0.15) is 0 Å². The van der Waals surface area contributed by atoms with Crippen LogP contribution in [0, 0.1) is 0 Å². The highest BCUT2D eigenvalue weighted by Gasteiger charge is 2.16. The van der Waals surface area contributed by atoms with Gasteiger partial charge in [-0.3, -0.25) is 0 Å². The molecule has 0 aliphatic rings. The van der Waals surface area contributed by atoms with E-state index in [0.717, 1.165) is 10.7 Å². The van der Waals surface area contributed by atoms with Gasteiger partial charge in [0.25, 0.3) is 0 Å². The van der Waals surface area contributed by atoms with Crippen LogP contribution in [0.4, 0.5) is 0 Å². The van der Waals surface area contributed by atoms with E-state index in [1.54, 1.807) is 11.3 Å². The van der Waals surface area contributed by atoms with E-state index in [1.165, 1.54) is 5.57 Å². The Labute approximate surface area is 89.9 Å². The predicted octanol–water partition coefficient (Wildman–Crippen LogP) is 2.80. The van der Waals surface area contributed by atoms with Gasteiger partial charge in [0.15, 0.2) is 0 Å². The molecule has 2 nitrogen and oxygen atoms in total. The molecule has 0 saturated heterocycles. The maximum atomic E-state index is 5.52. The first-order chi connectivity index (χ1) is 6.43. The van der Waals surface area contributed by atoms with E-state index in [4.69, 9.17) is 5.73 Å². The molecule has 2 N–H and O–H groups in total. The van der Waals surface area contributed by atoms with E-state index in [1.807, 2.05) is 6.92 Å². The van der Waals surface area contributed by atoms with Crippen molar-refractivity contribution in [2.45, 2.75) is 33.1 Å². The number of hydrogen-bond acceptors (Lipinski definition) is 3. The number of rotatable bonds is 2. The molecule has 0 bridgehead atoms. The number of thiazole rings is 1. The van der Waals surface area contributed by atoms with Gasteiger partial charge in [0.2, 0.25) is 0 Å². The SMILES string of the molecule is CC(=Cc1nc(C(C)(C)C)cs1)CN. The van der Waals surface area contributed by atoms with Gasteiger partial charge in [0, 0.05) is 17.3 Å². The Hall–Kier alpha value is -0.670. The molecule has 3 heteroatoms. The third-order valence-corrected chi connectivity index (χ3v) is 2.77. The molecule has 0 aromatic carbocycles. The minimum absolute atomic E-state index is 0.138. The molecule has 0 radical (unpaired) electrons. The fraction of sp³-hybridized carbons (Fsp3) is 0.545. The molecule has 78 valence electrons. The summed E-state index contributed by atoms with van der Waals surface area (Å²) in [7, 11) is 0. The number of hydrogen-bond donors (Lipinski definition) is 1. The van der Waals surface area contributed by atoms with Crippen LogP contribution in [-0.4, -0.2) is 11.5 Å². The molecule has 0 atom stereocenters. The van der Waals surface area contributed by atoms with Gasteiger partial charge < -0.3 is 5.73 Å². The van der Waals surface area contributed by atoms with Crippen molar-refractivity contribution in [3.8, 4) is 0 Å². The molecule has 14 heavy (non-hydrogen) atoms. The van der Waals surface area contributed by atoms with Crippen LogP contribution in [0.25, 0.3) is 6.08 Å². The third kappa shape index (κ3) is 2.93. The highest BCUT2D eigenvalue weighted by atomic mass is 32.1. The lowest BCUT2D eigenvalue weighted by atomic mass is 9.93. The Bertz CT molecular complexity index is 331. The topological polar surface area (TPSA) is 38.9 Å². The summed E-state index contributed by atoms with van der Waals surface area (Å²) in [5.74, 6) is 0. The highest BCUT2D eigenvalue weighted by Crippen LogP contribution is 2.24. The standard InChI is InChI=1S/C11H18N2S/c1-8(6-12)5-10-13-9(7-14-10)11(2,3)4/h5,7H,6,12H2,1-4H3. The van der Waals surface area contributed by atoms with Crippen molar-refractivity contribution >= 4 is 17.4 Å². The molecule has 0 spiro atoms. The molecular weight excluding hydrogens is 192 g/mol. The van der Waals surface area contributed by atoms with Crippen molar-refractivity contribution in [1.29, 1.82) is 0 Å². The summed E-state index contributed by atoms with van der Waals surface area (Å²) in [5, 5.41) is 3.17. The van der Waals surface area contributed by atoms with Gasteiger partial charge >= 0.3 is 0 Å². The van der Waals surface area contributed by atoms with Crippen LogP contribution in [0.2, 0.25) is 0 Å². The smallest absolute Gasteiger partial charge is 0.116 e. The number of nitrogens with two attached hydrogens (primary N) is 1. The van der Waals surface area contributed by atoms with Crippen LogP contribution in [0.15, 0.2) is 11.0 Å². The summed E-state index contributed by atoms with van der Waals surface area (Å²) in [5.41, 5.74) is 7.98. The zero-order valence-electron chi connectivity index (χ0n) is 9.29. The van der Waals surface area contributed by atoms with E-state index in [9.17, 15) is 0 Å². The van der Waals surface area contributed by atoms with Crippen LogP contribution in [0.1, 0.15) is 38.4 Å². The number of nitrogens with zero attached hydrogens (tertiary/aromatic N) is 1. The van der Waals surface area contributed by atoms with Gasteiger partial charge in [-0.25, -0.2) is 4.98 Å². The van der Waals surface area contributed by atoms with E-state index in [2.05, 4.69) is 37.2 Å². The first kappa shape index (κ1) is 11.4. The normalized spacial score (nSPS) is 13.4. The zero-order valence-corrected chi connectivity index (χ0v) is 10.1. The van der Waals surface area contributed by atoms with Gasteiger partial charge in [-0.1, -0.05) is 26.3 Å². The average Bonchev–Trinajstić information content (AvgIpc) is 2.51. The molecule has 0 unspecified atom stereocenters. The van der Waals surface area contributed by atoms with Crippen LogP contribution >= 0.6 is 11.3 Å². The number of aromatic nitrogens is 1. The summed E-state index contributed by atoms with van der Waals surface area (Å²) in [4.78, 5) is 4.56. The van der Waals surface area contributed by atoms with Crippen LogP contribution in [0.3, 0.4) is 0 Å². The quantitative estimate of drug-likeness (QED) is 0.815. The Morgan fingerprint density at radius 1 is 1.57 bits per heavy atom. The first-order valence-electron chi connectivity index (χ1n) is 4.76. The van der Waals surface area contributed by atoms with Crippen molar-refractivity contribution in [3.05, 3.63) is 21.7 Å². The molecule has 1 heterocycles. The average molecular weight is 210 g/mol. The molecule has 1 aromatic heterocycles. The van der Waals surface area contributed by atoms with Gasteiger partial charge in [-0.15, -0.1) is 11.3 Å². The van der Waals surface area contributed by atoms with E-state index in [0.29, 0.717) is 6.54 Å². The van der Waals surface area contributed by atoms with Crippen LogP contribution in [-0.2, 0) is 5.41 Å². The molecule has 0 saturated carbocycles. The Morgan fingerprint density at radius 3 is 2.64 bits per heavy atom. The molecule has 1 rings (SSSR count). The summed E-state index contributed by atoms with van der Waals surface area (Å²) in [6.07, 6.45) is 2.06. The Balaban J connectivity index is 2.89. The summed E-state index contributed by atoms with van der Waals surface area (Å²) < 4.78 is 0. The van der Waals surface area contributed by atoms with Crippen molar-refractivity contribution in [2.75, 3.05) is 6.54 Å². The van der Waals surface area contributed by atoms with Crippen molar-refractivity contribution in [1.82, 2.24) is 4.98 Å². The lowest BCUT2D eigenvalue weighted by molar-refractivity contribution is 0.572. The lowest BCUT2D eigenvalue weighted by Crippen LogP contribution is -2.11.